The zero-order chi connectivity index (χ0) is 13.0. The van der Waals surface area contributed by atoms with E-state index in [1.54, 1.807) is 21.1 Å². The van der Waals surface area contributed by atoms with Crippen molar-refractivity contribution in [2.75, 3.05) is 42.3 Å². The molecule has 5 nitrogen and oxygen atoms in total. The number of nitrogens with zero attached hydrogens (tertiary/aromatic N) is 2. The van der Waals surface area contributed by atoms with Gasteiger partial charge in [0.15, 0.2) is 0 Å². The van der Waals surface area contributed by atoms with Gasteiger partial charge in [-0.15, -0.1) is 0 Å². The van der Waals surface area contributed by atoms with E-state index in [1.165, 1.54) is 18.7 Å². The predicted octanol–water partition coefficient (Wildman–Crippen LogP) is 1.93. The molecule has 5 heteroatoms. The highest BCUT2D eigenvalue weighted by atomic mass is 16.2. The maximum Gasteiger partial charge on any atom is 0.218 e. The number of nitrogens with one attached hydrogen (secondary N) is 1. The van der Waals surface area contributed by atoms with Crippen LogP contribution >= 0.6 is 0 Å². The Morgan fingerprint density at radius 1 is 0.833 bits per heavy atom. The van der Waals surface area contributed by atoms with E-state index in [4.69, 9.17) is 0 Å². The van der Waals surface area contributed by atoms with E-state index >= 15 is 0 Å². The summed E-state index contributed by atoms with van der Waals surface area (Å²) in [5, 5.41) is 2.39. The quantitative estimate of drug-likeness (QED) is 0.729. The van der Waals surface area contributed by atoms with E-state index < -0.39 is 0 Å². The van der Waals surface area contributed by atoms with Gasteiger partial charge >= 0.3 is 0 Å². The summed E-state index contributed by atoms with van der Waals surface area (Å²) >= 11 is 0. The minimum atomic E-state index is 0. The van der Waals surface area contributed by atoms with Crippen LogP contribution in [0.1, 0.15) is 36.1 Å². The summed E-state index contributed by atoms with van der Waals surface area (Å²) in [7, 11) is 11.0. The summed E-state index contributed by atoms with van der Waals surface area (Å²) in [5.74, 6) is 0.0972. The van der Waals surface area contributed by atoms with E-state index in [0.717, 1.165) is 0 Å². The van der Waals surface area contributed by atoms with Crippen molar-refractivity contribution in [1.29, 1.82) is 0 Å². The third-order valence-corrected chi connectivity index (χ3v) is 0.982. The van der Waals surface area contributed by atoms with Gasteiger partial charge in [-0.1, -0.05) is 22.3 Å². The van der Waals surface area contributed by atoms with Crippen molar-refractivity contribution in [3.63, 3.8) is 0 Å². The molecule has 0 aliphatic heterocycles. The fraction of sp³-hybridized carbons (Fsp3) is 0.846. The van der Waals surface area contributed by atoms with Gasteiger partial charge in [-0.2, -0.15) is 0 Å². The van der Waals surface area contributed by atoms with Gasteiger partial charge in [0, 0.05) is 35.0 Å². The Balaban J connectivity index is -0.0000000282. The smallest absolute Gasteiger partial charge is 0.218 e. The maximum atomic E-state index is 10.1. The molecule has 0 radical (unpaired) electrons. The van der Waals surface area contributed by atoms with Gasteiger partial charge in [0.05, 0.1) is 0 Å². The Labute approximate surface area is 116 Å². The first kappa shape index (κ1) is 36.0. The largest absolute Gasteiger partial charge is 0.359 e. The van der Waals surface area contributed by atoms with Crippen molar-refractivity contribution >= 4 is 11.8 Å². The van der Waals surface area contributed by atoms with Crippen molar-refractivity contribution < 1.29 is 9.59 Å². The van der Waals surface area contributed by atoms with Gasteiger partial charge in [0.2, 0.25) is 11.8 Å². The maximum absolute atomic E-state index is 10.1. The first-order valence-corrected chi connectivity index (χ1v) is 4.62. The lowest BCUT2D eigenvalue weighted by atomic mass is 10.7. The van der Waals surface area contributed by atoms with Crippen molar-refractivity contribution in [3.8, 4) is 0 Å². The number of rotatable bonds is 0. The summed E-state index contributed by atoms with van der Waals surface area (Å²) < 4.78 is 0. The van der Waals surface area contributed by atoms with Crippen LogP contribution < -0.4 is 5.32 Å². The molecule has 0 heterocycles. The average molecular weight is 267 g/mol. The molecule has 0 unspecified atom stereocenters. The van der Waals surface area contributed by atoms with Crippen LogP contribution in [-0.2, 0) is 9.59 Å². The summed E-state index contributed by atoms with van der Waals surface area (Å²) in [6, 6.07) is 0. The normalized spacial score (nSPS) is 6.50. The Bertz CT molecular complexity index is 167. The second-order valence-electron chi connectivity index (χ2n) is 3.56. The minimum Gasteiger partial charge on any atom is -0.359 e. The van der Waals surface area contributed by atoms with Crippen LogP contribution in [0, 0.1) is 0 Å². The van der Waals surface area contributed by atoms with Crippen LogP contribution in [0.15, 0.2) is 0 Å². The van der Waals surface area contributed by atoms with E-state index in [0.29, 0.717) is 0 Å². The molecule has 0 aromatic carbocycles. The highest BCUT2D eigenvalue weighted by molar-refractivity contribution is 5.72. The molecule has 0 saturated carbocycles. The SMILES string of the molecule is C.C.C.CC(=O)N(C)C.CN(C)C.CNC(C)=O. The van der Waals surface area contributed by atoms with Gasteiger partial charge in [0.25, 0.3) is 0 Å². The molecule has 0 saturated heterocycles. The van der Waals surface area contributed by atoms with Crippen LogP contribution in [0.5, 0.6) is 0 Å². The number of carbonyl (C=O) groups is 2. The predicted molar refractivity (Wildman–Crippen MR) is 83.9 cm³/mol. The number of hydrogen-bond acceptors (Lipinski definition) is 3. The first-order chi connectivity index (χ1) is 6.64. The molecule has 0 aromatic heterocycles. The van der Waals surface area contributed by atoms with Crippen LogP contribution in [0.25, 0.3) is 0 Å². The van der Waals surface area contributed by atoms with E-state index in [-0.39, 0.29) is 34.1 Å². The third kappa shape index (κ3) is 120. The molecule has 0 fully saturated rings. The molecule has 0 bridgehead atoms. The van der Waals surface area contributed by atoms with Crippen LogP contribution in [-0.4, -0.2) is 63.9 Å². The molecule has 0 rings (SSSR count). The van der Waals surface area contributed by atoms with Gasteiger partial charge in [0.1, 0.15) is 0 Å². The molecule has 0 spiro atoms. The lowest BCUT2D eigenvalue weighted by Gasteiger charge is -2.02. The van der Waals surface area contributed by atoms with Crippen LogP contribution in [0.4, 0.5) is 0 Å². The average Bonchev–Trinajstić information content (AvgIpc) is 2.04. The molecule has 1 N–H and O–H groups in total. The van der Waals surface area contributed by atoms with Gasteiger partial charge < -0.3 is 15.1 Å². The van der Waals surface area contributed by atoms with Crippen molar-refractivity contribution in [3.05, 3.63) is 0 Å². The molecule has 116 valence electrons. The Kier molecular flexibility index (Phi) is 49.8. The number of carbonyl (C=O) groups excluding carboxylic acids is 2. The van der Waals surface area contributed by atoms with Crippen molar-refractivity contribution in [1.82, 2.24) is 15.1 Å². The fourth-order valence-corrected chi connectivity index (χ4v) is 0. The zero-order valence-electron chi connectivity index (χ0n) is 11.2. The second-order valence-corrected chi connectivity index (χ2v) is 3.56. The third-order valence-electron chi connectivity index (χ3n) is 0.982. The molecule has 0 atom stereocenters. The standard InChI is InChI=1S/C4H9NO.C3H7NO.C3H9N.3CH4/c1-4(6)5(2)3;1-3(5)4-2;1-4(2)3;;;/h1-3H3;1-2H3,(H,4,5);1-3H3;3*1H4. The molecular weight excluding hydrogens is 230 g/mol. The van der Waals surface area contributed by atoms with Crippen LogP contribution in [0.2, 0.25) is 0 Å². The second kappa shape index (κ2) is 24.9. The summed E-state index contributed by atoms with van der Waals surface area (Å²) in [6.07, 6.45) is 0. The molecule has 0 aliphatic rings. The van der Waals surface area contributed by atoms with Gasteiger partial charge in [-0.05, 0) is 21.1 Å². The minimum absolute atomic E-state index is 0. The topological polar surface area (TPSA) is 52.7 Å². The molecule has 18 heavy (non-hydrogen) atoms. The van der Waals surface area contributed by atoms with E-state index in [1.807, 2.05) is 26.0 Å². The lowest BCUT2D eigenvalue weighted by molar-refractivity contribution is -0.126. The van der Waals surface area contributed by atoms with Gasteiger partial charge in [-0.3, -0.25) is 9.59 Å². The fourth-order valence-electron chi connectivity index (χ4n) is 0. The zero-order valence-corrected chi connectivity index (χ0v) is 11.2. The van der Waals surface area contributed by atoms with Crippen molar-refractivity contribution in [2.24, 2.45) is 0 Å². The summed E-state index contributed by atoms with van der Waals surface area (Å²) in [6.45, 7) is 3.00. The highest BCUT2D eigenvalue weighted by Crippen LogP contribution is 1.69. The summed E-state index contributed by atoms with van der Waals surface area (Å²) in [5.41, 5.74) is 0. The highest BCUT2D eigenvalue weighted by Gasteiger charge is 1.87. The molecule has 0 aromatic rings. The first-order valence-electron chi connectivity index (χ1n) is 4.62. The Hall–Kier alpha value is -1.10. The molecular formula is C13H37N3O2. The van der Waals surface area contributed by atoms with Crippen molar-refractivity contribution in [2.45, 2.75) is 36.1 Å². The van der Waals surface area contributed by atoms with E-state index in [9.17, 15) is 9.59 Å². The Morgan fingerprint density at radius 3 is 0.944 bits per heavy atom. The number of amides is 2. The van der Waals surface area contributed by atoms with Crippen LogP contribution in [0.3, 0.4) is 0 Å². The molecule has 2 amide bonds. The van der Waals surface area contributed by atoms with E-state index in [2.05, 4.69) is 5.32 Å². The number of hydrogen-bond donors (Lipinski definition) is 1. The van der Waals surface area contributed by atoms with Gasteiger partial charge in [-0.25, -0.2) is 0 Å². The molecule has 0 aliphatic carbocycles. The monoisotopic (exact) mass is 267 g/mol. The summed E-state index contributed by atoms with van der Waals surface area (Å²) in [4.78, 5) is 23.3. The Morgan fingerprint density at radius 2 is 0.944 bits per heavy atom. The lowest BCUT2D eigenvalue weighted by Crippen LogP contribution is -2.17.